The first-order valence-electron chi connectivity index (χ1n) is 7.44. The molecule has 3 atom stereocenters. The molecule has 0 bridgehead atoms. The Labute approximate surface area is 119 Å². The number of ether oxygens (including phenoxy) is 1. The van der Waals surface area contributed by atoms with E-state index in [1.165, 1.54) is 19.3 Å². The van der Waals surface area contributed by atoms with Gasteiger partial charge in [-0.15, -0.1) is 0 Å². The highest BCUT2D eigenvalue weighted by atomic mass is 16.5. The van der Waals surface area contributed by atoms with Crippen molar-refractivity contribution in [3.63, 3.8) is 0 Å². The summed E-state index contributed by atoms with van der Waals surface area (Å²) in [4.78, 5) is 4.08. The number of nitrogens with zero attached hydrogens (tertiary/aromatic N) is 2. The molecule has 0 spiro atoms. The van der Waals surface area contributed by atoms with Crippen molar-refractivity contribution in [2.24, 2.45) is 5.92 Å². The second kappa shape index (κ2) is 7.71. The molecule has 0 saturated heterocycles. The van der Waals surface area contributed by atoms with E-state index in [0.717, 1.165) is 6.42 Å². The Morgan fingerprint density at radius 1 is 1.45 bits per heavy atom. The summed E-state index contributed by atoms with van der Waals surface area (Å²) in [5, 5.41) is 16.8. The maximum atomic E-state index is 9.90. The molecule has 1 aliphatic rings. The van der Waals surface area contributed by atoms with E-state index in [1.54, 1.807) is 6.92 Å². The Bertz CT molecular complexity index is 397. The highest BCUT2D eigenvalue weighted by Crippen LogP contribution is 2.26. The lowest BCUT2D eigenvalue weighted by Crippen LogP contribution is -2.34. The van der Waals surface area contributed by atoms with Crippen LogP contribution >= 0.6 is 0 Å². The Hall–Kier alpha value is -0.980. The molecule has 1 fully saturated rings. The molecule has 114 valence electrons. The smallest absolute Gasteiger partial charge is 0.223 e. The zero-order valence-electron chi connectivity index (χ0n) is 12.3. The van der Waals surface area contributed by atoms with E-state index in [0.29, 0.717) is 43.4 Å². The summed E-state index contributed by atoms with van der Waals surface area (Å²) in [6.45, 7) is 5.33. The van der Waals surface area contributed by atoms with Gasteiger partial charge in [0.05, 0.1) is 25.4 Å². The highest BCUT2D eigenvalue weighted by Gasteiger charge is 2.22. The largest absolute Gasteiger partial charge is 0.389 e. The first-order valence-corrected chi connectivity index (χ1v) is 7.44. The van der Waals surface area contributed by atoms with Crippen molar-refractivity contribution in [3.8, 4) is 0 Å². The van der Waals surface area contributed by atoms with Gasteiger partial charge in [-0.25, -0.2) is 0 Å². The third kappa shape index (κ3) is 4.85. The van der Waals surface area contributed by atoms with Gasteiger partial charge in [0, 0.05) is 13.5 Å². The number of aryl methyl sites for hydroxylation is 1. The highest BCUT2D eigenvalue weighted by molar-refractivity contribution is 4.83. The molecule has 1 aliphatic carbocycles. The van der Waals surface area contributed by atoms with Crippen LogP contribution in [0.15, 0.2) is 4.52 Å². The summed E-state index contributed by atoms with van der Waals surface area (Å²) in [7, 11) is 0. The summed E-state index contributed by atoms with van der Waals surface area (Å²) in [6, 6.07) is 0. The van der Waals surface area contributed by atoms with Crippen molar-refractivity contribution in [1.82, 2.24) is 15.5 Å². The molecule has 0 aromatic carbocycles. The van der Waals surface area contributed by atoms with E-state index in [1.807, 2.05) is 0 Å². The number of aliphatic hydroxyl groups is 1. The molecule has 1 aromatic rings. The lowest BCUT2D eigenvalue weighted by molar-refractivity contribution is -0.0452. The molecule has 3 unspecified atom stereocenters. The number of nitrogens with one attached hydrogen (secondary N) is 1. The van der Waals surface area contributed by atoms with Crippen LogP contribution in [0.1, 0.15) is 44.3 Å². The molecule has 6 heteroatoms. The minimum absolute atomic E-state index is 0.304. The van der Waals surface area contributed by atoms with Gasteiger partial charge in [-0.2, -0.15) is 4.98 Å². The van der Waals surface area contributed by atoms with Crippen molar-refractivity contribution in [1.29, 1.82) is 0 Å². The summed E-state index contributed by atoms with van der Waals surface area (Å²) in [5.74, 6) is 1.76. The fraction of sp³-hybridized carbons (Fsp3) is 0.857. The first kappa shape index (κ1) is 15.4. The summed E-state index contributed by atoms with van der Waals surface area (Å²) >= 11 is 0. The van der Waals surface area contributed by atoms with Crippen molar-refractivity contribution >= 4 is 0 Å². The SMILES string of the molecule is Cc1nc(CNCC(O)COC2CCCCC2C)no1. The van der Waals surface area contributed by atoms with Gasteiger partial charge in [0.25, 0.3) is 0 Å². The molecule has 1 saturated carbocycles. The quantitative estimate of drug-likeness (QED) is 0.788. The zero-order chi connectivity index (χ0) is 14.4. The average Bonchev–Trinajstić information content (AvgIpc) is 2.83. The minimum Gasteiger partial charge on any atom is -0.389 e. The number of hydrogen-bond acceptors (Lipinski definition) is 6. The van der Waals surface area contributed by atoms with Crippen LogP contribution in [0.25, 0.3) is 0 Å². The molecule has 0 radical (unpaired) electrons. The van der Waals surface area contributed by atoms with Gasteiger partial charge in [-0.3, -0.25) is 0 Å². The van der Waals surface area contributed by atoms with E-state index in [4.69, 9.17) is 9.26 Å². The number of aromatic nitrogens is 2. The summed E-state index contributed by atoms with van der Waals surface area (Å²) in [6.07, 6.45) is 4.69. The van der Waals surface area contributed by atoms with E-state index in [2.05, 4.69) is 22.4 Å². The fourth-order valence-corrected chi connectivity index (χ4v) is 2.59. The van der Waals surface area contributed by atoms with Crippen LogP contribution in [0.3, 0.4) is 0 Å². The second-order valence-electron chi connectivity index (χ2n) is 5.65. The summed E-state index contributed by atoms with van der Waals surface area (Å²) in [5.41, 5.74) is 0. The van der Waals surface area contributed by atoms with Crippen molar-refractivity contribution in [3.05, 3.63) is 11.7 Å². The third-order valence-corrected chi connectivity index (χ3v) is 3.77. The molecule has 20 heavy (non-hydrogen) atoms. The molecular weight excluding hydrogens is 258 g/mol. The molecule has 0 amide bonds. The Morgan fingerprint density at radius 2 is 2.25 bits per heavy atom. The Kier molecular flexibility index (Phi) is 5.94. The van der Waals surface area contributed by atoms with E-state index in [-0.39, 0.29) is 0 Å². The van der Waals surface area contributed by atoms with Crippen LogP contribution < -0.4 is 5.32 Å². The van der Waals surface area contributed by atoms with Crippen molar-refractivity contribution in [2.45, 2.75) is 58.3 Å². The van der Waals surface area contributed by atoms with Gasteiger partial charge in [0.1, 0.15) is 0 Å². The molecule has 2 N–H and O–H groups in total. The van der Waals surface area contributed by atoms with Crippen LogP contribution in [0.4, 0.5) is 0 Å². The van der Waals surface area contributed by atoms with Crippen LogP contribution in [0, 0.1) is 12.8 Å². The lowest BCUT2D eigenvalue weighted by Gasteiger charge is -2.29. The average molecular weight is 283 g/mol. The standard InChI is InChI=1S/C14H25N3O3/c1-10-5-3-4-6-13(10)19-9-12(18)7-15-8-14-16-11(2)20-17-14/h10,12-13,15,18H,3-9H2,1-2H3. The number of rotatable bonds is 7. The summed E-state index contributed by atoms with van der Waals surface area (Å²) < 4.78 is 10.7. The van der Waals surface area contributed by atoms with Crippen molar-refractivity contribution < 1.29 is 14.4 Å². The molecular formula is C14H25N3O3. The molecule has 2 rings (SSSR count). The zero-order valence-corrected chi connectivity index (χ0v) is 12.3. The number of aliphatic hydroxyl groups excluding tert-OH is 1. The molecule has 1 aromatic heterocycles. The van der Waals surface area contributed by atoms with Crippen LogP contribution in [0.5, 0.6) is 0 Å². The number of hydrogen-bond donors (Lipinski definition) is 2. The van der Waals surface area contributed by atoms with Crippen molar-refractivity contribution in [2.75, 3.05) is 13.2 Å². The van der Waals surface area contributed by atoms with Crippen LogP contribution in [-0.4, -0.2) is 40.6 Å². The minimum atomic E-state index is -0.503. The van der Waals surface area contributed by atoms with Gasteiger partial charge in [0.2, 0.25) is 5.89 Å². The predicted molar refractivity (Wildman–Crippen MR) is 74.1 cm³/mol. The van der Waals surface area contributed by atoms with E-state index >= 15 is 0 Å². The third-order valence-electron chi connectivity index (χ3n) is 3.77. The second-order valence-corrected chi connectivity index (χ2v) is 5.65. The van der Waals surface area contributed by atoms with Gasteiger partial charge in [-0.1, -0.05) is 24.9 Å². The Morgan fingerprint density at radius 3 is 2.95 bits per heavy atom. The first-order chi connectivity index (χ1) is 9.65. The van der Waals surface area contributed by atoms with E-state index in [9.17, 15) is 5.11 Å². The van der Waals surface area contributed by atoms with Gasteiger partial charge < -0.3 is 19.7 Å². The molecule has 6 nitrogen and oxygen atoms in total. The van der Waals surface area contributed by atoms with E-state index < -0.39 is 6.10 Å². The maximum Gasteiger partial charge on any atom is 0.223 e. The predicted octanol–water partition coefficient (Wildman–Crippen LogP) is 1.42. The van der Waals surface area contributed by atoms with Gasteiger partial charge >= 0.3 is 0 Å². The van der Waals surface area contributed by atoms with Crippen LogP contribution in [0.2, 0.25) is 0 Å². The molecule has 1 heterocycles. The Balaban J connectivity index is 1.59. The monoisotopic (exact) mass is 283 g/mol. The fourth-order valence-electron chi connectivity index (χ4n) is 2.59. The normalized spacial score (nSPS) is 24.8. The van der Waals surface area contributed by atoms with Gasteiger partial charge in [0.15, 0.2) is 5.82 Å². The topological polar surface area (TPSA) is 80.4 Å². The van der Waals surface area contributed by atoms with Crippen LogP contribution in [-0.2, 0) is 11.3 Å². The molecule has 0 aliphatic heterocycles. The lowest BCUT2D eigenvalue weighted by atomic mass is 9.88. The van der Waals surface area contributed by atoms with Gasteiger partial charge in [-0.05, 0) is 18.8 Å². The maximum absolute atomic E-state index is 9.90.